The van der Waals surface area contributed by atoms with Crippen molar-refractivity contribution in [1.82, 2.24) is 0 Å². The SMILES string of the molecule is O=C1N(CCCOc2ccccc2)c2c(ccc(Cl)c2Cl)C12OCCCO2. The van der Waals surface area contributed by atoms with E-state index in [0.29, 0.717) is 54.1 Å². The van der Waals surface area contributed by atoms with Gasteiger partial charge in [-0.3, -0.25) is 4.79 Å². The maximum atomic E-state index is 13.2. The molecule has 1 amide bonds. The van der Waals surface area contributed by atoms with Crippen LogP contribution in [-0.2, 0) is 20.1 Å². The minimum absolute atomic E-state index is 0.263. The number of nitrogens with zero attached hydrogens (tertiary/aromatic N) is 1. The minimum atomic E-state index is -1.41. The molecule has 0 aliphatic carbocycles. The predicted octanol–water partition coefficient (Wildman–Crippen LogP) is 4.40. The second kappa shape index (κ2) is 7.68. The molecule has 142 valence electrons. The lowest BCUT2D eigenvalue weighted by Crippen LogP contribution is -2.47. The quantitative estimate of drug-likeness (QED) is 0.689. The molecule has 2 aliphatic heterocycles. The van der Waals surface area contributed by atoms with E-state index in [0.717, 1.165) is 12.2 Å². The van der Waals surface area contributed by atoms with Crippen molar-refractivity contribution in [2.24, 2.45) is 0 Å². The Bertz CT molecular complexity index is 837. The molecule has 1 spiro atoms. The van der Waals surface area contributed by atoms with E-state index in [2.05, 4.69) is 0 Å². The highest BCUT2D eigenvalue weighted by atomic mass is 35.5. The zero-order valence-electron chi connectivity index (χ0n) is 14.6. The first-order valence-electron chi connectivity index (χ1n) is 8.90. The Balaban J connectivity index is 1.54. The third kappa shape index (κ3) is 3.29. The van der Waals surface area contributed by atoms with Gasteiger partial charge in [0.1, 0.15) is 5.75 Å². The number of amides is 1. The minimum Gasteiger partial charge on any atom is -0.494 e. The zero-order valence-corrected chi connectivity index (χ0v) is 16.1. The van der Waals surface area contributed by atoms with Crippen LogP contribution < -0.4 is 9.64 Å². The molecule has 0 radical (unpaired) electrons. The highest BCUT2D eigenvalue weighted by Gasteiger charge is 2.55. The average Bonchev–Trinajstić information content (AvgIpc) is 2.92. The van der Waals surface area contributed by atoms with Gasteiger partial charge in [-0.1, -0.05) is 41.4 Å². The van der Waals surface area contributed by atoms with Gasteiger partial charge in [0.25, 0.3) is 11.7 Å². The summed E-state index contributed by atoms with van der Waals surface area (Å²) in [5.74, 6) is -0.884. The Labute approximate surface area is 167 Å². The Hall–Kier alpha value is -1.79. The summed E-state index contributed by atoms with van der Waals surface area (Å²) < 4.78 is 17.4. The van der Waals surface area contributed by atoms with Crippen LogP contribution in [0, 0.1) is 0 Å². The molecule has 0 unspecified atom stereocenters. The maximum absolute atomic E-state index is 13.2. The number of carbonyl (C=O) groups excluding carboxylic acids is 1. The van der Waals surface area contributed by atoms with E-state index in [4.69, 9.17) is 37.4 Å². The van der Waals surface area contributed by atoms with Gasteiger partial charge in [-0.2, -0.15) is 0 Å². The fourth-order valence-corrected chi connectivity index (χ4v) is 3.84. The smallest absolute Gasteiger partial charge is 0.292 e. The van der Waals surface area contributed by atoms with Crippen molar-refractivity contribution < 1.29 is 19.0 Å². The average molecular weight is 408 g/mol. The molecule has 5 nitrogen and oxygen atoms in total. The standard InChI is InChI=1S/C20H19Cl2NO4/c21-16-9-8-15-18(17(16)22)23(19(24)20(15)26-12-5-13-27-20)10-4-11-25-14-6-2-1-3-7-14/h1-3,6-9H,4-5,10-13H2. The second-order valence-electron chi connectivity index (χ2n) is 6.40. The normalized spacial score (nSPS) is 18.0. The first kappa shape index (κ1) is 18.6. The van der Waals surface area contributed by atoms with E-state index >= 15 is 0 Å². The van der Waals surface area contributed by atoms with Crippen LogP contribution in [0.5, 0.6) is 5.75 Å². The van der Waals surface area contributed by atoms with Crippen LogP contribution in [0.25, 0.3) is 0 Å². The fourth-order valence-electron chi connectivity index (χ4n) is 3.42. The zero-order chi connectivity index (χ0) is 18.9. The van der Waals surface area contributed by atoms with Gasteiger partial charge in [-0.25, -0.2) is 0 Å². The molecule has 0 N–H and O–H groups in total. The topological polar surface area (TPSA) is 48.0 Å². The van der Waals surface area contributed by atoms with Crippen molar-refractivity contribution in [3.63, 3.8) is 0 Å². The van der Waals surface area contributed by atoms with E-state index in [1.807, 2.05) is 30.3 Å². The Morgan fingerprint density at radius 2 is 1.81 bits per heavy atom. The third-order valence-electron chi connectivity index (χ3n) is 4.66. The van der Waals surface area contributed by atoms with Crippen molar-refractivity contribution in [3.05, 3.63) is 58.1 Å². The van der Waals surface area contributed by atoms with Crippen molar-refractivity contribution in [2.45, 2.75) is 18.6 Å². The van der Waals surface area contributed by atoms with E-state index in [-0.39, 0.29) is 5.91 Å². The van der Waals surface area contributed by atoms with Gasteiger partial charge >= 0.3 is 0 Å². The monoisotopic (exact) mass is 407 g/mol. The molecule has 27 heavy (non-hydrogen) atoms. The summed E-state index contributed by atoms with van der Waals surface area (Å²) in [7, 11) is 0. The number of halogens is 2. The van der Waals surface area contributed by atoms with Gasteiger partial charge in [0, 0.05) is 12.1 Å². The molecule has 1 fully saturated rings. The molecule has 2 aromatic carbocycles. The van der Waals surface area contributed by atoms with Gasteiger partial charge in [0.15, 0.2) is 0 Å². The molecular formula is C20H19Cl2NO4. The van der Waals surface area contributed by atoms with Crippen molar-refractivity contribution in [1.29, 1.82) is 0 Å². The van der Waals surface area contributed by atoms with Crippen LogP contribution in [-0.4, -0.2) is 32.3 Å². The number of hydrogen-bond acceptors (Lipinski definition) is 4. The summed E-state index contributed by atoms with van der Waals surface area (Å²) in [4.78, 5) is 14.8. The second-order valence-corrected chi connectivity index (χ2v) is 7.18. The molecule has 0 atom stereocenters. The molecule has 2 aromatic rings. The number of hydrogen-bond donors (Lipinski definition) is 0. The Morgan fingerprint density at radius 3 is 2.56 bits per heavy atom. The molecule has 0 bridgehead atoms. The number of benzene rings is 2. The fraction of sp³-hybridized carbons (Fsp3) is 0.350. The van der Waals surface area contributed by atoms with Crippen LogP contribution >= 0.6 is 23.2 Å². The van der Waals surface area contributed by atoms with Gasteiger partial charge in [-0.05, 0) is 37.1 Å². The Morgan fingerprint density at radius 1 is 1.07 bits per heavy atom. The molecule has 0 saturated carbocycles. The highest BCUT2D eigenvalue weighted by Crippen LogP contribution is 2.50. The predicted molar refractivity (Wildman–Crippen MR) is 104 cm³/mol. The molecule has 2 aliphatic rings. The summed E-state index contributed by atoms with van der Waals surface area (Å²) in [6.07, 6.45) is 1.37. The van der Waals surface area contributed by atoms with Gasteiger partial charge < -0.3 is 19.1 Å². The van der Waals surface area contributed by atoms with Crippen LogP contribution in [0.4, 0.5) is 5.69 Å². The van der Waals surface area contributed by atoms with Crippen molar-refractivity contribution >= 4 is 34.8 Å². The molecule has 7 heteroatoms. The van der Waals surface area contributed by atoms with Gasteiger partial charge in [-0.15, -0.1) is 0 Å². The summed E-state index contributed by atoms with van der Waals surface area (Å²) in [6, 6.07) is 13.0. The summed E-state index contributed by atoms with van der Waals surface area (Å²) in [5.41, 5.74) is 1.18. The number of carbonyl (C=O) groups is 1. The summed E-state index contributed by atoms with van der Waals surface area (Å²) >= 11 is 12.6. The van der Waals surface area contributed by atoms with Gasteiger partial charge in [0.2, 0.25) is 0 Å². The first-order chi connectivity index (χ1) is 13.1. The first-order valence-corrected chi connectivity index (χ1v) is 9.65. The molecule has 2 heterocycles. The molecular weight excluding hydrogens is 389 g/mol. The number of ether oxygens (including phenoxy) is 3. The Kier molecular flexibility index (Phi) is 5.28. The van der Waals surface area contributed by atoms with E-state index in [1.54, 1.807) is 17.0 Å². The third-order valence-corrected chi connectivity index (χ3v) is 5.45. The van der Waals surface area contributed by atoms with Crippen LogP contribution in [0.2, 0.25) is 10.0 Å². The van der Waals surface area contributed by atoms with Crippen LogP contribution in [0.1, 0.15) is 18.4 Å². The maximum Gasteiger partial charge on any atom is 0.292 e. The van der Waals surface area contributed by atoms with E-state index < -0.39 is 5.79 Å². The highest BCUT2D eigenvalue weighted by molar-refractivity contribution is 6.44. The lowest BCUT2D eigenvalue weighted by atomic mass is 10.1. The number of rotatable bonds is 5. The van der Waals surface area contributed by atoms with Crippen LogP contribution in [0.3, 0.4) is 0 Å². The molecule has 4 rings (SSSR count). The van der Waals surface area contributed by atoms with Crippen LogP contribution in [0.15, 0.2) is 42.5 Å². The lowest BCUT2D eigenvalue weighted by molar-refractivity contribution is -0.256. The molecule has 1 saturated heterocycles. The van der Waals surface area contributed by atoms with E-state index in [9.17, 15) is 4.79 Å². The number of anilines is 1. The number of fused-ring (bicyclic) bond motifs is 2. The largest absolute Gasteiger partial charge is 0.494 e. The van der Waals surface area contributed by atoms with Crippen molar-refractivity contribution in [2.75, 3.05) is 31.3 Å². The summed E-state index contributed by atoms with van der Waals surface area (Å²) in [6.45, 7) is 1.80. The summed E-state index contributed by atoms with van der Waals surface area (Å²) in [5, 5.41) is 0.725. The van der Waals surface area contributed by atoms with Gasteiger partial charge in [0.05, 0.1) is 35.6 Å². The lowest BCUT2D eigenvalue weighted by Gasteiger charge is -2.32. The molecule has 0 aromatic heterocycles. The van der Waals surface area contributed by atoms with E-state index in [1.165, 1.54) is 0 Å². The van der Waals surface area contributed by atoms with Crippen molar-refractivity contribution in [3.8, 4) is 5.75 Å². The number of para-hydroxylation sites is 1.